The summed E-state index contributed by atoms with van der Waals surface area (Å²) >= 11 is 1.93. The number of likely N-dealkylation sites (tertiary alicyclic amines) is 1. The fourth-order valence-corrected chi connectivity index (χ4v) is 6.48. The van der Waals surface area contributed by atoms with Crippen LogP contribution >= 0.6 is 11.9 Å². The highest BCUT2D eigenvalue weighted by Crippen LogP contribution is 2.33. The lowest BCUT2D eigenvalue weighted by atomic mass is 9.89. The number of hydrogen-bond donors (Lipinski definition) is 0. The topological polar surface area (TPSA) is 6.48 Å². The number of benzene rings is 4. The van der Waals surface area contributed by atoms with Gasteiger partial charge in [0, 0.05) is 24.5 Å². The Morgan fingerprint density at radius 3 is 1.73 bits per heavy atom. The van der Waals surface area contributed by atoms with Gasteiger partial charge in [0.05, 0.1) is 0 Å². The Morgan fingerprint density at radius 1 is 0.568 bits per heavy atom. The van der Waals surface area contributed by atoms with Crippen molar-refractivity contribution in [2.24, 2.45) is 5.92 Å². The van der Waals surface area contributed by atoms with Gasteiger partial charge in [0.2, 0.25) is 0 Å². The van der Waals surface area contributed by atoms with Crippen LogP contribution in [0.2, 0.25) is 0 Å². The van der Waals surface area contributed by atoms with Crippen LogP contribution in [-0.2, 0) is 0 Å². The molecule has 0 spiro atoms. The summed E-state index contributed by atoms with van der Waals surface area (Å²) in [5, 5.41) is 0. The molecule has 4 aromatic rings. The molecule has 2 nitrogen and oxygen atoms in total. The fraction of sp³-hybridized carbons (Fsp3) is 0.294. The summed E-state index contributed by atoms with van der Waals surface area (Å²) in [6.45, 7) is 6.19. The van der Waals surface area contributed by atoms with Crippen LogP contribution in [0.15, 0.2) is 126 Å². The molecule has 0 bridgehead atoms. The van der Waals surface area contributed by atoms with E-state index in [0.29, 0.717) is 0 Å². The molecule has 2 saturated heterocycles. The van der Waals surface area contributed by atoms with E-state index < -0.39 is 0 Å². The molecule has 0 N–H and O–H groups in total. The molecule has 37 heavy (non-hydrogen) atoms. The van der Waals surface area contributed by atoms with Crippen LogP contribution in [0.1, 0.15) is 30.7 Å². The Hall–Kier alpha value is -2.85. The van der Waals surface area contributed by atoms with Gasteiger partial charge in [-0.25, -0.2) is 4.31 Å². The molecular formula is C34H38N2S. The monoisotopic (exact) mass is 506 g/mol. The maximum Gasteiger partial charge on any atom is 0.0230 e. The minimum atomic E-state index is 0.756. The third-order valence-corrected chi connectivity index (χ3v) is 8.56. The van der Waals surface area contributed by atoms with Crippen LogP contribution in [0.4, 0.5) is 0 Å². The van der Waals surface area contributed by atoms with E-state index in [4.69, 9.17) is 0 Å². The van der Waals surface area contributed by atoms with Crippen molar-refractivity contribution in [1.82, 2.24) is 9.21 Å². The second kappa shape index (κ2) is 13.6. The highest BCUT2D eigenvalue weighted by molar-refractivity contribution is 7.97. The number of piperidine rings is 1. The number of hydrogen-bond acceptors (Lipinski definition) is 3. The normalized spacial score (nSPS) is 18.8. The lowest BCUT2D eigenvalue weighted by molar-refractivity contribution is 0.185. The van der Waals surface area contributed by atoms with Crippen LogP contribution in [0.5, 0.6) is 0 Å². The Morgan fingerprint density at radius 2 is 1.11 bits per heavy atom. The third-order valence-electron chi connectivity index (χ3n) is 7.49. The SMILES string of the molecule is c1ccc(-c2ccc(SN3CC[C@@H](CN4CCC(c5ccccc5)CC4)C3)cc2)cc1.c1ccccc1. The van der Waals surface area contributed by atoms with Gasteiger partial charge in [0.25, 0.3) is 0 Å². The summed E-state index contributed by atoms with van der Waals surface area (Å²) in [6.07, 6.45) is 3.94. The molecular weight excluding hydrogens is 468 g/mol. The lowest BCUT2D eigenvalue weighted by Gasteiger charge is -2.33. The second-order valence-corrected chi connectivity index (χ2v) is 11.3. The summed E-state index contributed by atoms with van der Waals surface area (Å²) in [4.78, 5) is 4.07. The van der Waals surface area contributed by atoms with Crippen molar-refractivity contribution < 1.29 is 0 Å². The van der Waals surface area contributed by atoms with Crippen LogP contribution in [0, 0.1) is 5.92 Å². The molecule has 2 aliphatic heterocycles. The van der Waals surface area contributed by atoms with Crippen LogP contribution in [0.25, 0.3) is 11.1 Å². The molecule has 2 fully saturated rings. The van der Waals surface area contributed by atoms with E-state index in [1.165, 1.54) is 73.6 Å². The predicted octanol–water partition coefficient (Wildman–Crippen LogP) is 8.25. The van der Waals surface area contributed by atoms with Crippen molar-refractivity contribution in [3.05, 3.63) is 127 Å². The molecule has 1 atom stereocenters. The Kier molecular flexibility index (Phi) is 9.49. The number of nitrogens with zero attached hydrogens (tertiary/aromatic N) is 2. The van der Waals surface area contributed by atoms with Crippen LogP contribution in [-0.4, -0.2) is 41.9 Å². The van der Waals surface area contributed by atoms with E-state index in [2.05, 4.69) is 94.1 Å². The maximum absolute atomic E-state index is 2.72. The van der Waals surface area contributed by atoms with Crippen molar-refractivity contribution in [2.45, 2.75) is 30.1 Å². The molecule has 0 aromatic heterocycles. The van der Waals surface area contributed by atoms with Gasteiger partial charge in [-0.3, -0.25) is 0 Å². The predicted molar refractivity (Wildman–Crippen MR) is 159 cm³/mol. The van der Waals surface area contributed by atoms with Crippen molar-refractivity contribution in [3.8, 4) is 11.1 Å². The quantitative estimate of drug-likeness (QED) is 0.243. The molecule has 2 aliphatic rings. The summed E-state index contributed by atoms with van der Waals surface area (Å²) < 4.78 is 2.57. The third kappa shape index (κ3) is 7.82. The van der Waals surface area contributed by atoms with Gasteiger partial charge in [-0.05, 0) is 85.0 Å². The molecule has 6 rings (SSSR count). The average Bonchev–Trinajstić information content (AvgIpc) is 3.42. The van der Waals surface area contributed by atoms with E-state index in [1.807, 2.05) is 48.3 Å². The molecule has 2 heterocycles. The van der Waals surface area contributed by atoms with Crippen LogP contribution in [0.3, 0.4) is 0 Å². The van der Waals surface area contributed by atoms with E-state index >= 15 is 0 Å². The molecule has 0 saturated carbocycles. The first kappa shape index (κ1) is 25.8. The van der Waals surface area contributed by atoms with Crippen LogP contribution < -0.4 is 0 Å². The highest BCUT2D eigenvalue weighted by Gasteiger charge is 2.27. The molecule has 0 radical (unpaired) electrons. The van der Waals surface area contributed by atoms with Crippen molar-refractivity contribution in [1.29, 1.82) is 0 Å². The van der Waals surface area contributed by atoms with Crippen molar-refractivity contribution in [3.63, 3.8) is 0 Å². The first-order valence-corrected chi connectivity index (χ1v) is 14.5. The Bertz CT molecular complexity index is 1130. The first-order valence-electron chi connectivity index (χ1n) is 13.7. The molecule has 190 valence electrons. The number of rotatable bonds is 6. The van der Waals surface area contributed by atoms with Gasteiger partial charge in [-0.1, -0.05) is 109 Å². The summed E-state index contributed by atoms with van der Waals surface area (Å²) in [7, 11) is 0. The average molecular weight is 507 g/mol. The molecule has 0 aliphatic carbocycles. The molecule has 4 aromatic carbocycles. The molecule has 3 heteroatoms. The molecule has 0 unspecified atom stereocenters. The smallest absolute Gasteiger partial charge is 0.0230 e. The van der Waals surface area contributed by atoms with E-state index in [9.17, 15) is 0 Å². The van der Waals surface area contributed by atoms with E-state index in [0.717, 1.165) is 11.8 Å². The van der Waals surface area contributed by atoms with Gasteiger partial charge in [0.1, 0.15) is 0 Å². The molecule has 0 amide bonds. The maximum atomic E-state index is 2.72. The van der Waals surface area contributed by atoms with E-state index in [1.54, 1.807) is 0 Å². The zero-order chi connectivity index (χ0) is 25.1. The largest absolute Gasteiger partial charge is 0.303 e. The van der Waals surface area contributed by atoms with Gasteiger partial charge in [-0.2, -0.15) is 0 Å². The first-order chi connectivity index (χ1) is 18.3. The zero-order valence-corrected chi connectivity index (χ0v) is 22.5. The fourth-order valence-electron chi connectivity index (χ4n) is 5.44. The summed E-state index contributed by atoms with van der Waals surface area (Å²) in [6, 6.07) is 42.8. The zero-order valence-electron chi connectivity index (χ0n) is 21.7. The highest BCUT2D eigenvalue weighted by atomic mass is 32.2. The standard InChI is InChI=1S/C28H32N2S.C6H6/c1-3-7-24(8-4-1)26-11-13-28(14-12-26)31-30-20-15-23(22-30)21-29-18-16-27(17-19-29)25-9-5-2-6-10-25;1-2-4-6-5-3-1/h1-14,23,27H,15-22H2;1-6H/t23-;/m0./s1. The van der Waals surface area contributed by atoms with Gasteiger partial charge in [0.15, 0.2) is 0 Å². The van der Waals surface area contributed by atoms with Crippen molar-refractivity contribution in [2.75, 3.05) is 32.7 Å². The summed E-state index contributed by atoms with van der Waals surface area (Å²) in [5.41, 5.74) is 4.11. The van der Waals surface area contributed by atoms with Gasteiger partial charge in [-0.15, -0.1) is 0 Å². The van der Waals surface area contributed by atoms with Gasteiger partial charge >= 0.3 is 0 Å². The Balaban J connectivity index is 0.000000412. The Labute approximate surface area is 227 Å². The van der Waals surface area contributed by atoms with Gasteiger partial charge < -0.3 is 4.90 Å². The lowest BCUT2D eigenvalue weighted by Crippen LogP contribution is -2.37. The summed E-state index contributed by atoms with van der Waals surface area (Å²) in [5.74, 6) is 1.57. The van der Waals surface area contributed by atoms with Crippen molar-refractivity contribution >= 4 is 11.9 Å². The minimum Gasteiger partial charge on any atom is -0.303 e. The van der Waals surface area contributed by atoms with E-state index in [-0.39, 0.29) is 0 Å². The minimum absolute atomic E-state index is 0.756. The second-order valence-electron chi connectivity index (χ2n) is 10.2.